The molecule has 21 heavy (non-hydrogen) atoms. The summed E-state index contributed by atoms with van der Waals surface area (Å²) in [6, 6.07) is 10.7. The maximum Gasteiger partial charge on any atom is 0.0659 e. The highest BCUT2D eigenvalue weighted by Crippen LogP contribution is 2.40. The van der Waals surface area contributed by atoms with Gasteiger partial charge in [-0.15, -0.1) is 0 Å². The van der Waals surface area contributed by atoms with Gasteiger partial charge in [0, 0.05) is 29.8 Å². The van der Waals surface area contributed by atoms with Crippen LogP contribution in [0.3, 0.4) is 0 Å². The van der Waals surface area contributed by atoms with Crippen LogP contribution >= 0.6 is 0 Å². The molecule has 1 aliphatic carbocycles. The highest BCUT2D eigenvalue weighted by molar-refractivity contribution is 5.15. The van der Waals surface area contributed by atoms with E-state index in [2.05, 4.69) is 42.6 Å². The molecule has 4 heteroatoms. The molecule has 1 fully saturated rings. The van der Waals surface area contributed by atoms with Gasteiger partial charge in [-0.05, 0) is 12.0 Å². The van der Waals surface area contributed by atoms with E-state index in [4.69, 9.17) is 0 Å². The molecule has 1 aliphatic rings. The largest absolute Gasteiger partial charge is 0.392 e. The average molecular weight is 285 g/mol. The molecule has 112 valence electrons. The second kappa shape index (κ2) is 5.62. The number of nitrogens with one attached hydrogen (secondary N) is 1. The first-order chi connectivity index (χ1) is 10.1. The molecule has 4 nitrogen and oxygen atoms in total. The molecule has 2 N–H and O–H groups in total. The Morgan fingerprint density at radius 2 is 2.05 bits per heavy atom. The number of nitrogens with zero attached hydrogens (tertiary/aromatic N) is 2. The lowest BCUT2D eigenvalue weighted by atomic mass is 9.64. The zero-order valence-corrected chi connectivity index (χ0v) is 12.7. The Morgan fingerprint density at radius 1 is 1.29 bits per heavy atom. The molecular formula is C17H23N3O. The van der Waals surface area contributed by atoms with Gasteiger partial charge in [0.2, 0.25) is 0 Å². The Balaban J connectivity index is 1.54. The summed E-state index contributed by atoms with van der Waals surface area (Å²) >= 11 is 0. The molecule has 0 saturated heterocycles. The topological polar surface area (TPSA) is 50.1 Å². The third-order valence-corrected chi connectivity index (χ3v) is 4.64. The normalized spacial score (nSPS) is 23.8. The zero-order chi connectivity index (χ0) is 14.9. The molecule has 1 heterocycles. The van der Waals surface area contributed by atoms with Crippen LogP contribution in [0, 0.1) is 5.41 Å². The van der Waals surface area contributed by atoms with Crippen molar-refractivity contribution in [3.05, 3.63) is 53.9 Å². The van der Waals surface area contributed by atoms with Crippen LogP contribution in [0.2, 0.25) is 0 Å². The van der Waals surface area contributed by atoms with Crippen molar-refractivity contribution in [2.75, 3.05) is 0 Å². The maximum atomic E-state index is 9.76. The second-order valence-corrected chi connectivity index (χ2v) is 6.54. The van der Waals surface area contributed by atoms with Crippen molar-refractivity contribution in [3.63, 3.8) is 0 Å². The van der Waals surface area contributed by atoms with Crippen molar-refractivity contribution in [1.29, 1.82) is 0 Å². The number of aliphatic hydroxyl groups excluding tert-OH is 1. The van der Waals surface area contributed by atoms with Crippen molar-refractivity contribution in [2.24, 2.45) is 5.41 Å². The molecule has 1 saturated carbocycles. The molecule has 0 spiro atoms. The molecule has 2 aromatic rings. The van der Waals surface area contributed by atoms with Gasteiger partial charge in [0.1, 0.15) is 0 Å². The molecule has 0 bridgehead atoms. The number of hydrogen-bond donors (Lipinski definition) is 2. The molecule has 3 rings (SSSR count). The first kappa shape index (κ1) is 14.3. The molecule has 1 aromatic heterocycles. The summed E-state index contributed by atoms with van der Waals surface area (Å²) in [6.07, 6.45) is 4.65. The van der Waals surface area contributed by atoms with E-state index >= 15 is 0 Å². The quantitative estimate of drug-likeness (QED) is 0.885. The highest BCUT2D eigenvalue weighted by Gasteiger charge is 2.46. The van der Waals surface area contributed by atoms with Crippen molar-refractivity contribution < 1.29 is 5.11 Å². The fraction of sp³-hybridized carbons (Fsp3) is 0.471. The lowest BCUT2D eigenvalue weighted by molar-refractivity contribution is -0.0729. The molecule has 2 atom stereocenters. The molecule has 0 radical (unpaired) electrons. The second-order valence-electron chi connectivity index (χ2n) is 6.54. The predicted molar refractivity (Wildman–Crippen MR) is 82.8 cm³/mol. The van der Waals surface area contributed by atoms with Gasteiger partial charge >= 0.3 is 0 Å². The third-order valence-electron chi connectivity index (χ3n) is 4.64. The van der Waals surface area contributed by atoms with Crippen LogP contribution in [0.15, 0.2) is 42.7 Å². The number of aliphatic hydroxyl groups is 1. The lowest BCUT2D eigenvalue weighted by Crippen LogP contribution is -2.59. The summed E-state index contributed by atoms with van der Waals surface area (Å²) in [5.41, 5.74) is 2.41. The van der Waals surface area contributed by atoms with Gasteiger partial charge in [-0.1, -0.05) is 44.2 Å². The summed E-state index contributed by atoms with van der Waals surface area (Å²) in [7, 11) is 0. The summed E-state index contributed by atoms with van der Waals surface area (Å²) in [5.74, 6) is 0. The van der Waals surface area contributed by atoms with Crippen LogP contribution in [0.25, 0.3) is 0 Å². The minimum absolute atomic E-state index is 0.0277. The fourth-order valence-corrected chi connectivity index (χ4v) is 2.84. The third kappa shape index (κ3) is 3.01. The van der Waals surface area contributed by atoms with E-state index in [9.17, 15) is 5.11 Å². The highest BCUT2D eigenvalue weighted by atomic mass is 16.3. The van der Waals surface area contributed by atoms with Gasteiger partial charge < -0.3 is 10.4 Å². The Hall–Kier alpha value is -1.65. The van der Waals surface area contributed by atoms with Gasteiger partial charge in [-0.25, -0.2) is 0 Å². The smallest absolute Gasteiger partial charge is 0.0659 e. The first-order valence-electron chi connectivity index (χ1n) is 7.52. The Bertz CT molecular complexity index is 591. The van der Waals surface area contributed by atoms with E-state index in [1.54, 1.807) is 0 Å². The van der Waals surface area contributed by atoms with Gasteiger partial charge in [-0.2, -0.15) is 5.10 Å². The molecule has 1 aromatic carbocycles. The van der Waals surface area contributed by atoms with Gasteiger partial charge in [0.15, 0.2) is 0 Å². The Morgan fingerprint density at radius 3 is 2.71 bits per heavy atom. The SMILES string of the molecule is CC1(C)C(O)CC1NCc1cnn(Cc2ccccc2)c1. The Kier molecular flexibility index (Phi) is 3.83. The van der Waals surface area contributed by atoms with E-state index in [0.29, 0.717) is 6.04 Å². The van der Waals surface area contributed by atoms with Gasteiger partial charge in [0.05, 0.1) is 18.8 Å². The lowest BCUT2D eigenvalue weighted by Gasteiger charge is -2.49. The zero-order valence-electron chi connectivity index (χ0n) is 12.7. The van der Waals surface area contributed by atoms with E-state index in [-0.39, 0.29) is 11.5 Å². The minimum Gasteiger partial charge on any atom is -0.392 e. The van der Waals surface area contributed by atoms with E-state index in [1.165, 1.54) is 11.1 Å². The summed E-state index contributed by atoms with van der Waals surface area (Å²) in [6.45, 7) is 5.82. The predicted octanol–water partition coefficient (Wildman–Crippen LogP) is 2.18. The average Bonchev–Trinajstić information content (AvgIpc) is 2.92. The fourth-order valence-electron chi connectivity index (χ4n) is 2.84. The number of rotatable bonds is 5. The Labute approximate surface area is 125 Å². The van der Waals surface area contributed by atoms with Crippen molar-refractivity contribution in [3.8, 4) is 0 Å². The minimum atomic E-state index is -0.184. The monoisotopic (exact) mass is 285 g/mol. The van der Waals surface area contributed by atoms with Crippen molar-refractivity contribution in [2.45, 2.75) is 45.5 Å². The van der Waals surface area contributed by atoms with Crippen molar-refractivity contribution in [1.82, 2.24) is 15.1 Å². The van der Waals surface area contributed by atoms with Crippen LogP contribution < -0.4 is 5.32 Å². The van der Waals surface area contributed by atoms with Crippen LogP contribution in [-0.4, -0.2) is 27.0 Å². The standard InChI is InChI=1S/C17H23N3O/c1-17(2)15(8-16(17)21)18-9-14-10-19-20(12-14)11-13-6-4-3-5-7-13/h3-7,10,12,15-16,18,21H,8-9,11H2,1-2H3. The van der Waals surface area contributed by atoms with Crippen LogP contribution in [-0.2, 0) is 13.1 Å². The number of benzene rings is 1. The van der Waals surface area contributed by atoms with E-state index in [0.717, 1.165) is 19.5 Å². The van der Waals surface area contributed by atoms with Gasteiger partial charge in [0.25, 0.3) is 0 Å². The van der Waals surface area contributed by atoms with Crippen LogP contribution in [0.1, 0.15) is 31.4 Å². The number of aromatic nitrogens is 2. The first-order valence-corrected chi connectivity index (χ1v) is 7.52. The summed E-state index contributed by atoms with van der Waals surface area (Å²) in [4.78, 5) is 0. The van der Waals surface area contributed by atoms with Crippen molar-refractivity contribution >= 4 is 0 Å². The van der Waals surface area contributed by atoms with Gasteiger partial charge in [-0.3, -0.25) is 4.68 Å². The molecular weight excluding hydrogens is 262 g/mol. The molecule has 0 aliphatic heterocycles. The number of hydrogen-bond acceptors (Lipinski definition) is 3. The summed E-state index contributed by atoms with van der Waals surface area (Å²) in [5, 5.41) is 17.7. The molecule has 2 unspecified atom stereocenters. The van der Waals surface area contributed by atoms with E-state index in [1.807, 2.05) is 29.1 Å². The maximum absolute atomic E-state index is 9.76. The van der Waals surface area contributed by atoms with E-state index < -0.39 is 0 Å². The summed E-state index contributed by atoms with van der Waals surface area (Å²) < 4.78 is 1.97. The van der Waals surface area contributed by atoms with Crippen LogP contribution in [0.5, 0.6) is 0 Å². The van der Waals surface area contributed by atoms with Crippen LogP contribution in [0.4, 0.5) is 0 Å². The molecule has 0 amide bonds.